The van der Waals surface area contributed by atoms with Crippen molar-refractivity contribution >= 4 is 35.8 Å². The van der Waals surface area contributed by atoms with Crippen LogP contribution in [0.5, 0.6) is 0 Å². The van der Waals surface area contributed by atoms with Gasteiger partial charge in [-0.15, -0.1) is 0 Å². The monoisotopic (exact) mass is 462 g/mol. The highest BCUT2D eigenvalue weighted by atomic mass is 32.2. The van der Waals surface area contributed by atoms with Crippen molar-refractivity contribution in [3.8, 4) is 0 Å². The number of carbonyl (C=O) groups excluding carboxylic acids is 2. The minimum Gasteiger partial charge on any atom is -0.314 e. The maximum atomic E-state index is 13.7. The molecule has 2 amide bonds. The van der Waals surface area contributed by atoms with Crippen molar-refractivity contribution in [3.05, 3.63) is 102 Å². The van der Waals surface area contributed by atoms with Crippen molar-refractivity contribution in [3.63, 3.8) is 0 Å². The Morgan fingerprint density at radius 1 is 0.750 bits per heavy atom. The molecule has 4 nitrogen and oxygen atoms in total. The Kier molecular flexibility index (Phi) is 7.91. The van der Waals surface area contributed by atoms with Crippen LogP contribution in [-0.2, 0) is 17.9 Å². The van der Waals surface area contributed by atoms with Crippen LogP contribution in [0.2, 0.25) is 0 Å². The second-order valence-electron chi connectivity index (χ2n) is 7.60. The summed E-state index contributed by atoms with van der Waals surface area (Å²) < 4.78 is 0. The van der Waals surface area contributed by atoms with Crippen LogP contribution < -0.4 is 0 Å². The van der Waals surface area contributed by atoms with E-state index in [9.17, 15) is 9.59 Å². The third-order valence-electron chi connectivity index (χ3n) is 5.39. The molecule has 1 aliphatic rings. The van der Waals surface area contributed by atoms with Gasteiger partial charge in [-0.1, -0.05) is 90.6 Å². The Morgan fingerprint density at radius 2 is 1.28 bits per heavy atom. The molecule has 3 aromatic carbocycles. The van der Waals surface area contributed by atoms with Crippen LogP contribution in [0.15, 0.2) is 95.9 Å². The lowest BCUT2D eigenvalue weighted by Crippen LogP contribution is -2.37. The molecule has 0 aromatic heterocycles. The fraction of sp³-hybridized carbons (Fsp3) is 0.231. The highest BCUT2D eigenvalue weighted by Gasteiger charge is 2.45. The van der Waals surface area contributed by atoms with Gasteiger partial charge in [0.15, 0.2) is 0 Å². The van der Waals surface area contributed by atoms with Gasteiger partial charge in [0.2, 0.25) is 0 Å². The lowest BCUT2D eigenvalue weighted by atomic mass is 10.2. The molecule has 0 saturated carbocycles. The van der Waals surface area contributed by atoms with Crippen molar-refractivity contribution in [2.45, 2.75) is 29.4 Å². The van der Waals surface area contributed by atoms with Gasteiger partial charge in [-0.05, 0) is 23.3 Å². The molecule has 164 valence electrons. The average Bonchev–Trinajstić information content (AvgIpc) is 3.06. The fourth-order valence-corrected chi connectivity index (χ4v) is 6.11. The Balaban J connectivity index is 1.66. The largest absolute Gasteiger partial charge is 0.321 e. The first kappa shape index (κ1) is 22.5. The zero-order valence-electron chi connectivity index (χ0n) is 17.7. The number of carbonyl (C=O) groups is 2. The molecule has 0 aliphatic carbocycles. The molecule has 2 atom stereocenters. The summed E-state index contributed by atoms with van der Waals surface area (Å²) in [6, 6.07) is 30.5. The van der Waals surface area contributed by atoms with Crippen LogP contribution >= 0.6 is 23.5 Å². The molecule has 0 radical (unpaired) electrons. The summed E-state index contributed by atoms with van der Waals surface area (Å²) in [7, 11) is 0. The number of nitrogens with zero attached hydrogens (tertiary/aromatic N) is 2. The molecule has 0 spiro atoms. The molecule has 1 saturated heterocycles. The summed E-state index contributed by atoms with van der Waals surface area (Å²) in [6.07, 6.45) is 0.935. The van der Waals surface area contributed by atoms with E-state index in [-0.39, 0.29) is 17.4 Å². The summed E-state index contributed by atoms with van der Waals surface area (Å²) in [5.74, 6) is 1.15. The number of hydrogen-bond donors (Lipinski definition) is 0. The number of aldehydes is 1. The van der Waals surface area contributed by atoms with Crippen LogP contribution in [0.3, 0.4) is 0 Å². The third-order valence-corrected chi connectivity index (χ3v) is 7.70. The number of benzene rings is 3. The minimum absolute atomic E-state index is 0.0124. The van der Waals surface area contributed by atoms with Crippen molar-refractivity contribution in [1.82, 2.24) is 9.80 Å². The summed E-state index contributed by atoms with van der Waals surface area (Å²) in [5.41, 5.74) is 2.22. The zero-order chi connectivity index (χ0) is 22.2. The molecule has 6 heteroatoms. The van der Waals surface area contributed by atoms with Crippen LogP contribution in [-0.4, -0.2) is 45.0 Å². The normalized spacial score (nSPS) is 18.2. The first-order valence-corrected chi connectivity index (χ1v) is 12.7. The molecule has 1 unspecified atom stereocenters. The van der Waals surface area contributed by atoms with Crippen LogP contribution in [0, 0.1) is 0 Å². The fourth-order valence-electron chi connectivity index (χ4n) is 3.87. The summed E-state index contributed by atoms with van der Waals surface area (Å²) in [6.45, 7) is 1.12. The van der Waals surface area contributed by atoms with Crippen LogP contribution in [0.25, 0.3) is 0 Å². The average molecular weight is 463 g/mol. The van der Waals surface area contributed by atoms with Gasteiger partial charge >= 0.3 is 6.03 Å². The molecular weight excluding hydrogens is 436 g/mol. The topological polar surface area (TPSA) is 40.6 Å². The van der Waals surface area contributed by atoms with Crippen molar-refractivity contribution in [1.29, 1.82) is 0 Å². The maximum absolute atomic E-state index is 13.7. The standard InChI is InChI=1S/C26H26N2O2S2/c29-16-17-31-20-24-25(32-23-14-8-3-9-15-23)28(19-22-12-6-2-7-13-22)26(30)27(24)18-21-10-4-1-5-11-21/h1-16,24-25H,17-20H2/t24-,25?/m0/s1. The van der Waals surface area contributed by atoms with Crippen LogP contribution in [0.4, 0.5) is 4.79 Å². The predicted octanol–water partition coefficient (Wildman–Crippen LogP) is 5.54. The summed E-state index contributed by atoms with van der Waals surface area (Å²) in [5, 5.41) is -0.0482. The highest BCUT2D eigenvalue weighted by molar-refractivity contribution is 8.00. The number of hydrogen-bond acceptors (Lipinski definition) is 4. The van der Waals surface area contributed by atoms with Gasteiger partial charge in [0, 0.05) is 29.5 Å². The van der Waals surface area contributed by atoms with Crippen LogP contribution in [0.1, 0.15) is 11.1 Å². The Bertz CT molecular complexity index is 1000. The molecule has 1 aliphatic heterocycles. The van der Waals surface area contributed by atoms with E-state index in [2.05, 4.69) is 36.4 Å². The molecule has 0 N–H and O–H groups in total. The number of thioether (sulfide) groups is 2. The lowest BCUT2D eigenvalue weighted by Gasteiger charge is -2.27. The maximum Gasteiger partial charge on any atom is 0.321 e. The van der Waals surface area contributed by atoms with E-state index in [0.717, 1.165) is 22.3 Å². The molecule has 0 bridgehead atoms. The van der Waals surface area contributed by atoms with Gasteiger partial charge in [-0.2, -0.15) is 11.8 Å². The SMILES string of the molecule is O=CCSC[C@H]1C(Sc2ccccc2)N(Cc2ccccc2)C(=O)N1Cc1ccccc1. The van der Waals surface area contributed by atoms with E-state index in [0.29, 0.717) is 24.6 Å². The van der Waals surface area contributed by atoms with E-state index in [1.807, 2.05) is 64.4 Å². The van der Waals surface area contributed by atoms with Gasteiger partial charge < -0.3 is 14.6 Å². The summed E-state index contributed by atoms with van der Waals surface area (Å²) in [4.78, 5) is 29.8. The molecule has 1 fully saturated rings. The molecule has 1 heterocycles. The molecule has 4 rings (SSSR count). The van der Waals surface area contributed by atoms with Gasteiger partial charge in [0.1, 0.15) is 11.7 Å². The van der Waals surface area contributed by atoms with E-state index in [1.165, 1.54) is 0 Å². The number of amides is 2. The minimum atomic E-state index is -0.0482. The van der Waals surface area contributed by atoms with E-state index in [4.69, 9.17) is 0 Å². The Hall–Kier alpha value is -2.70. The van der Waals surface area contributed by atoms with E-state index >= 15 is 0 Å². The first-order chi connectivity index (χ1) is 15.8. The van der Waals surface area contributed by atoms with Crippen molar-refractivity contribution in [2.75, 3.05) is 11.5 Å². The van der Waals surface area contributed by atoms with Crippen molar-refractivity contribution < 1.29 is 9.59 Å². The van der Waals surface area contributed by atoms with Crippen molar-refractivity contribution in [2.24, 2.45) is 0 Å². The lowest BCUT2D eigenvalue weighted by molar-refractivity contribution is -0.105. The molecule has 3 aromatic rings. The predicted molar refractivity (Wildman–Crippen MR) is 133 cm³/mol. The zero-order valence-corrected chi connectivity index (χ0v) is 19.4. The second-order valence-corrected chi connectivity index (χ2v) is 9.87. The quantitative estimate of drug-likeness (QED) is 0.293. The third kappa shape index (κ3) is 5.56. The number of urea groups is 1. The Morgan fingerprint density at radius 3 is 1.84 bits per heavy atom. The second kappa shape index (κ2) is 11.2. The van der Waals surface area contributed by atoms with Gasteiger partial charge in [0.25, 0.3) is 0 Å². The molecule has 32 heavy (non-hydrogen) atoms. The summed E-state index contributed by atoms with van der Waals surface area (Å²) >= 11 is 3.31. The molecular formula is C26H26N2O2S2. The van der Waals surface area contributed by atoms with E-state index in [1.54, 1.807) is 23.5 Å². The number of rotatable bonds is 10. The smallest absolute Gasteiger partial charge is 0.314 e. The highest BCUT2D eigenvalue weighted by Crippen LogP contribution is 2.38. The Labute approximate surface area is 198 Å². The van der Waals surface area contributed by atoms with Gasteiger partial charge in [-0.25, -0.2) is 4.79 Å². The van der Waals surface area contributed by atoms with Gasteiger partial charge in [0.05, 0.1) is 6.04 Å². The van der Waals surface area contributed by atoms with Gasteiger partial charge in [-0.3, -0.25) is 0 Å². The first-order valence-electron chi connectivity index (χ1n) is 10.6. The van der Waals surface area contributed by atoms with E-state index < -0.39 is 0 Å².